The average molecular weight is 342 g/mol. The summed E-state index contributed by atoms with van der Waals surface area (Å²) >= 11 is 0. The largest absolute Gasteiger partial charge is 0.394 e. The molecule has 2 fully saturated rings. The number of aliphatic hydroxyl groups is 8. The molecule has 0 aromatic carbocycles. The van der Waals surface area contributed by atoms with Gasteiger partial charge < -0.3 is 55.1 Å². The standard InChI is InChI=1S/C12H22O11/c13-1-3-5(15)6(16)9(19)12(22-3)23-10-4(2-14)21-11(20)8(18)7(10)17/h3-20H,1-2H2/t3?,4-,5-,6?,7?,8?,9-,10?,11+,12-/m0/s1. The molecule has 8 N–H and O–H groups in total. The quantitative estimate of drug-likeness (QED) is 0.243. The van der Waals surface area contributed by atoms with E-state index in [0.717, 1.165) is 0 Å². The number of hydrogen-bond donors (Lipinski definition) is 8. The van der Waals surface area contributed by atoms with Gasteiger partial charge in [0.15, 0.2) is 12.6 Å². The number of aliphatic hydroxyl groups excluding tert-OH is 8. The van der Waals surface area contributed by atoms with Crippen molar-refractivity contribution < 1.29 is 55.1 Å². The third kappa shape index (κ3) is 3.65. The van der Waals surface area contributed by atoms with Gasteiger partial charge in [-0.2, -0.15) is 0 Å². The molecule has 0 amide bonds. The monoisotopic (exact) mass is 342 g/mol. The summed E-state index contributed by atoms with van der Waals surface area (Å²) < 4.78 is 15.3. The third-order valence-electron chi connectivity index (χ3n) is 3.98. The molecule has 10 atom stereocenters. The lowest BCUT2D eigenvalue weighted by atomic mass is 9.97. The summed E-state index contributed by atoms with van der Waals surface area (Å²) in [6.45, 7) is -1.35. The predicted octanol–water partition coefficient (Wildman–Crippen LogP) is -5.40. The maximum absolute atomic E-state index is 9.94. The summed E-state index contributed by atoms with van der Waals surface area (Å²) in [5.74, 6) is 0. The second-order valence-corrected chi connectivity index (χ2v) is 5.53. The van der Waals surface area contributed by atoms with Crippen molar-refractivity contribution in [3.05, 3.63) is 0 Å². The van der Waals surface area contributed by atoms with E-state index in [2.05, 4.69) is 0 Å². The van der Waals surface area contributed by atoms with Crippen molar-refractivity contribution in [2.75, 3.05) is 13.2 Å². The molecule has 2 aliphatic rings. The molecule has 2 saturated heterocycles. The van der Waals surface area contributed by atoms with Gasteiger partial charge in [-0.3, -0.25) is 0 Å². The van der Waals surface area contributed by atoms with Gasteiger partial charge in [-0.1, -0.05) is 0 Å². The molecule has 0 saturated carbocycles. The fourth-order valence-corrected chi connectivity index (χ4v) is 2.57. The third-order valence-corrected chi connectivity index (χ3v) is 3.98. The summed E-state index contributed by atoms with van der Waals surface area (Å²) in [6.07, 6.45) is -15.6. The molecule has 11 heteroatoms. The van der Waals surface area contributed by atoms with Crippen LogP contribution in [0.1, 0.15) is 0 Å². The van der Waals surface area contributed by atoms with Crippen LogP contribution in [0.25, 0.3) is 0 Å². The summed E-state index contributed by atoms with van der Waals surface area (Å²) in [4.78, 5) is 0. The molecule has 0 aromatic rings. The lowest BCUT2D eigenvalue weighted by molar-refractivity contribution is -0.355. The first kappa shape index (κ1) is 18.9. The van der Waals surface area contributed by atoms with Gasteiger partial charge in [0.2, 0.25) is 0 Å². The van der Waals surface area contributed by atoms with E-state index in [0.29, 0.717) is 0 Å². The van der Waals surface area contributed by atoms with Crippen molar-refractivity contribution in [2.24, 2.45) is 0 Å². The number of rotatable bonds is 4. The van der Waals surface area contributed by atoms with E-state index in [9.17, 15) is 35.7 Å². The van der Waals surface area contributed by atoms with Gasteiger partial charge in [-0.25, -0.2) is 0 Å². The molecule has 2 rings (SSSR count). The maximum Gasteiger partial charge on any atom is 0.187 e. The zero-order chi connectivity index (χ0) is 17.3. The van der Waals surface area contributed by atoms with E-state index in [-0.39, 0.29) is 0 Å². The van der Waals surface area contributed by atoms with Crippen LogP contribution in [0.15, 0.2) is 0 Å². The molecule has 11 nitrogen and oxygen atoms in total. The lowest BCUT2D eigenvalue weighted by Crippen LogP contribution is -2.64. The first-order valence-corrected chi connectivity index (χ1v) is 7.08. The molecule has 0 aliphatic carbocycles. The first-order chi connectivity index (χ1) is 10.8. The van der Waals surface area contributed by atoms with Crippen LogP contribution in [0.3, 0.4) is 0 Å². The smallest absolute Gasteiger partial charge is 0.187 e. The second-order valence-electron chi connectivity index (χ2n) is 5.53. The fourth-order valence-electron chi connectivity index (χ4n) is 2.57. The molecule has 2 heterocycles. The minimum absolute atomic E-state index is 0.667. The summed E-state index contributed by atoms with van der Waals surface area (Å²) in [6, 6.07) is 0. The van der Waals surface area contributed by atoms with E-state index >= 15 is 0 Å². The molecule has 0 radical (unpaired) electrons. The van der Waals surface area contributed by atoms with Crippen molar-refractivity contribution in [3.63, 3.8) is 0 Å². The Labute approximate surface area is 130 Å². The maximum atomic E-state index is 9.94. The Morgan fingerprint density at radius 1 is 0.652 bits per heavy atom. The Morgan fingerprint density at radius 3 is 1.83 bits per heavy atom. The van der Waals surface area contributed by atoms with Crippen LogP contribution in [-0.4, -0.2) is 115 Å². The fraction of sp³-hybridized carbons (Fsp3) is 1.00. The highest BCUT2D eigenvalue weighted by molar-refractivity contribution is 4.93. The Hall–Kier alpha value is -0.440. The molecule has 0 bridgehead atoms. The first-order valence-electron chi connectivity index (χ1n) is 7.08. The van der Waals surface area contributed by atoms with E-state index < -0.39 is 74.6 Å². The zero-order valence-electron chi connectivity index (χ0n) is 12.0. The van der Waals surface area contributed by atoms with Crippen molar-refractivity contribution in [3.8, 4) is 0 Å². The molecule has 2 aliphatic heterocycles. The van der Waals surface area contributed by atoms with Crippen LogP contribution in [0.5, 0.6) is 0 Å². The van der Waals surface area contributed by atoms with E-state index in [1.54, 1.807) is 0 Å². The lowest BCUT2D eigenvalue weighted by Gasteiger charge is -2.45. The van der Waals surface area contributed by atoms with Crippen LogP contribution < -0.4 is 0 Å². The Balaban J connectivity index is 2.11. The summed E-state index contributed by atoms with van der Waals surface area (Å²) in [7, 11) is 0. The topological polar surface area (TPSA) is 190 Å². The van der Waals surface area contributed by atoms with Gasteiger partial charge in [0.25, 0.3) is 0 Å². The minimum Gasteiger partial charge on any atom is -0.394 e. The predicted molar refractivity (Wildman–Crippen MR) is 68.6 cm³/mol. The highest BCUT2D eigenvalue weighted by Gasteiger charge is 2.50. The minimum atomic E-state index is -1.74. The normalized spacial score (nSPS) is 51.7. The van der Waals surface area contributed by atoms with Gasteiger partial charge >= 0.3 is 0 Å². The average Bonchev–Trinajstić information content (AvgIpc) is 2.55. The molecule has 0 spiro atoms. The Kier molecular flexibility index (Phi) is 6.27. The second kappa shape index (κ2) is 7.63. The van der Waals surface area contributed by atoms with Gasteiger partial charge in [0.1, 0.15) is 48.8 Å². The SMILES string of the molecule is OCC1O[C@@H](OC2C(O)C(O)[C@H](O)O[C@H]2CO)[C@@H](O)C(O)[C@H]1O. The van der Waals surface area contributed by atoms with Gasteiger partial charge in [-0.15, -0.1) is 0 Å². The van der Waals surface area contributed by atoms with Crippen LogP contribution >= 0.6 is 0 Å². The number of ether oxygens (including phenoxy) is 3. The molecular weight excluding hydrogens is 320 g/mol. The Bertz CT molecular complexity index is 378. The highest BCUT2D eigenvalue weighted by atomic mass is 16.7. The van der Waals surface area contributed by atoms with Crippen molar-refractivity contribution in [1.82, 2.24) is 0 Å². The van der Waals surface area contributed by atoms with Gasteiger partial charge in [-0.05, 0) is 0 Å². The van der Waals surface area contributed by atoms with Crippen molar-refractivity contribution in [2.45, 2.75) is 61.4 Å². The molecular formula is C12H22O11. The van der Waals surface area contributed by atoms with Crippen LogP contribution in [0, 0.1) is 0 Å². The number of hydrogen-bond acceptors (Lipinski definition) is 11. The van der Waals surface area contributed by atoms with E-state index in [1.165, 1.54) is 0 Å². The summed E-state index contributed by atoms with van der Waals surface area (Å²) in [5.41, 5.74) is 0. The Morgan fingerprint density at radius 2 is 1.26 bits per heavy atom. The molecule has 136 valence electrons. The van der Waals surface area contributed by atoms with E-state index in [1.807, 2.05) is 0 Å². The van der Waals surface area contributed by atoms with Crippen molar-refractivity contribution >= 4 is 0 Å². The van der Waals surface area contributed by atoms with Crippen LogP contribution in [0.2, 0.25) is 0 Å². The van der Waals surface area contributed by atoms with Crippen LogP contribution in [0.4, 0.5) is 0 Å². The molecule has 23 heavy (non-hydrogen) atoms. The van der Waals surface area contributed by atoms with Gasteiger partial charge in [0.05, 0.1) is 13.2 Å². The van der Waals surface area contributed by atoms with Gasteiger partial charge in [0, 0.05) is 0 Å². The van der Waals surface area contributed by atoms with Crippen molar-refractivity contribution in [1.29, 1.82) is 0 Å². The van der Waals surface area contributed by atoms with E-state index in [4.69, 9.17) is 19.3 Å². The molecule has 0 aromatic heterocycles. The summed E-state index contributed by atoms with van der Waals surface area (Å²) in [5, 5.41) is 76.5. The highest BCUT2D eigenvalue weighted by Crippen LogP contribution is 2.28. The molecule has 5 unspecified atom stereocenters. The van der Waals surface area contributed by atoms with Crippen LogP contribution in [-0.2, 0) is 14.2 Å². The zero-order valence-corrected chi connectivity index (χ0v) is 12.0.